The Bertz CT molecular complexity index is 412. The molecule has 0 radical (unpaired) electrons. The van der Waals surface area contributed by atoms with E-state index in [0.29, 0.717) is 0 Å². The van der Waals surface area contributed by atoms with Gasteiger partial charge in [0.2, 0.25) is 0 Å². The largest absolute Gasteiger partial charge is 0.494 e. The molecular formula is C12H15BBrIO2. The summed E-state index contributed by atoms with van der Waals surface area (Å²) in [6.45, 7) is 8.26. The normalized spacial score (nSPS) is 21.9. The van der Waals surface area contributed by atoms with Gasteiger partial charge in [-0.3, -0.25) is 0 Å². The average molecular weight is 409 g/mol. The Kier molecular flexibility index (Phi) is 3.67. The van der Waals surface area contributed by atoms with Gasteiger partial charge in [-0.2, -0.15) is 0 Å². The third-order valence-electron chi connectivity index (χ3n) is 3.41. The first-order chi connectivity index (χ1) is 7.71. The van der Waals surface area contributed by atoms with Crippen LogP contribution in [-0.4, -0.2) is 18.3 Å². The van der Waals surface area contributed by atoms with Crippen molar-refractivity contribution >= 4 is 51.1 Å². The van der Waals surface area contributed by atoms with Gasteiger partial charge in [-0.25, -0.2) is 0 Å². The van der Waals surface area contributed by atoms with E-state index in [9.17, 15) is 0 Å². The van der Waals surface area contributed by atoms with Crippen molar-refractivity contribution in [2.45, 2.75) is 38.9 Å². The monoisotopic (exact) mass is 408 g/mol. The molecule has 1 aromatic rings. The summed E-state index contributed by atoms with van der Waals surface area (Å²) in [7, 11) is -0.286. The van der Waals surface area contributed by atoms with Crippen LogP contribution >= 0.6 is 38.5 Å². The summed E-state index contributed by atoms with van der Waals surface area (Å²) in [6, 6.07) is 6.20. The van der Waals surface area contributed by atoms with Crippen LogP contribution in [0.5, 0.6) is 0 Å². The van der Waals surface area contributed by atoms with E-state index in [-0.39, 0.29) is 18.3 Å². The zero-order chi connectivity index (χ0) is 12.8. The topological polar surface area (TPSA) is 18.5 Å². The molecule has 0 spiro atoms. The summed E-state index contributed by atoms with van der Waals surface area (Å²) in [5.41, 5.74) is 0.485. The lowest BCUT2D eigenvalue weighted by atomic mass is 9.79. The smallest absolute Gasteiger partial charge is 0.399 e. The van der Waals surface area contributed by atoms with Crippen LogP contribution in [0.1, 0.15) is 27.7 Å². The molecule has 1 heterocycles. The fourth-order valence-corrected chi connectivity index (χ4v) is 3.32. The Morgan fingerprint density at radius 3 is 2.06 bits per heavy atom. The van der Waals surface area contributed by atoms with E-state index in [4.69, 9.17) is 9.31 Å². The molecule has 5 heteroatoms. The summed E-state index contributed by atoms with van der Waals surface area (Å²) >= 11 is 5.80. The van der Waals surface area contributed by atoms with Crippen molar-refractivity contribution in [3.8, 4) is 0 Å². The molecule has 0 atom stereocenters. The molecule has 1 aliphatic rings. The SMILES string of the molecule is CC1(C)OB(c2cc(Br)cc(I)c2)OC1(C)C. The zero-order valence-corrected chi connectivity index (χ0v) is 14.1. The van der Waals surface area contributed by atoms with E-state index >= 15 is 0 Å². The predicted octanol–water partition coefficient (Wildman–Crippen LogP) is 3.35. The van der Waals surface area contributed by atoms with Gasteiger partial charge >= 0.3 is 7.12 Å². The average Bonchev–Trinajstić information content (AvgIpc) is 2.34. The van der Waals surface area contributed by atoms with E-state index in [1.54, 1.807) is 0 Å². The lowest BCUT2D eigenvalue weighted by Crippen LogP contribution is -2.41. The second kappa shape index (κ2) is 4.51. The zero-order valence-electron chi connectivity index (χ0n) is 10.4. The first kappa shape index (κ1) is 13.8. The number of benzene rings is 1. The lowest BCUT2D eigenvalue weighted by Gasteiger charge is -2.32. The molecule has 0 unspecified atom stereocenters. The molecule has 1 fully saturated rings. The van der Waals surface area contributed by atoms with Crippen LogP contribution in [-0.2, 0) is 9.31 Å². The van der Waals surface area contributed by atoms with Crippen LogP contribution in [0.4, 0.5) is 0 Å². The summed E-state index contributed by atoms with van der Waals surface area (Å²) in [5, 5.41) is 0. The highest BCUT2D eigenvalue weighted by molar-refractivity contribution is 14.1. The molecule has 0 aliphatic carbocycles. The van der Waals surface area contributed by atoms with Crippen LogP contribution < -0.4 is 5.46 Å². The molecule has 92 valence electrons. The summed E-state index contributed by atoms with van der Waals surface area (Å²) < 4.78 is 14.2. The van der Waals surface area contributed by atoms with Crippen molar-refractivity contribution in [3.05, 3.63) is 26.2 Å². The molecule has 0 amide bonds. The Morgan fingerprint density at radius 2 is 1.59 bits per heavy atom. The minimum atomic E-state index is -0.286. The Balaban J connectivity index is 2.32. The summed E-state index contributed by atoms with van der Waals surface area (Å²) in [6.07, 6.45) is 0. The number of rotatable bonds is 1. The van der Waals surface area contributed by atoms with Gasteiger partial charge < -0.3 is 9.31 Å². The fourth-order valence-electron chi connectivity index (χ4n) is 1.69. The van der Waals surface area contributed by atoms with Crippen molar-refractivity contribution in [3.63, 3.8) is 0 Å². The Morgan fingerprint density at radius 1 is 1.06 bits per heavy atom. The Hall–Kier alpha value is 0.415. The maximum Gasteiger partial charge on any atom is 0.494 e. The van der Waals surface area contributed by atoms with E-state index < -0.39 is 0 Å². The second-order valence-electron chi connectivity index (χ2n) is 5.29. The number of hydrogen-bond acceptors (Lipinski definition) is 2. The van der Waals surface area contributed by atoms with Crippen LogP contribution in [0.25, 0.3) is 0 Å². The lowest BCUT2D eigenvalue weighted by molar-refractivity contribution is 0.00578. The van der Waals surface area contributed by atoms with Gasteiger partial charge in [-0.1, -0.05) is 15.9 Å². The molecule has 2 rings (SSSR count). The second-order valence-corrected chi connectivity index (χ2v) is 7.45. The predicted molar refractivity (Wildman–Crippen MR) is 82.6 cm³/mol. The highest BCUT2D eigenvalue weighted by atomic mass is 127. The minimum absolute atomic E-state index is 0.286. The van der Waals surface area contributed by atoms with Gasteiger partial charge in [0.1, 0.15) is 0 Å². The molecule has 0 N–H and O–H groups in total. The number of halogens is 2. The standard InChI is InChI=1S/C12H15BBrIO2/c1-11(2)12(3,4)17-13(16-11)8-5-9(14)7-10(15)6-8/h5-7H,1-4H3. The van der Waals surface area contributed by atoms with Crippen molar-refractivity contribution in [1.29, 1.82) is 0 Å². The fraction of sp³-hybridized carbons (Fsp3) is 0.500. The van der Waals surface area contributed by atoms with E-state index in [0.717, 1.165) is 9.94 Å². The van der Waals surface area contributed by atoms with Crippen molar-refractivity contribution in [2.75, 3.05) is 0 Å². The summed E-state index contributed by atoms with van der Waals surface area (Å²) in [5.74, 6) is 0. The van der Waals surface area contributed by atoms with E-state index in [2.05, 4.69) is 78.3 Å². The van der Waals surface area contributed by atoms with Crippen LogP contribution in [0, 0.1) is 3.57 Å². The molecule has 0 aromatic heterocycles. The molecule has 1 saturated heterocycles. The van der Waals surface area contributed by atoms with Crippen LogP contribution in [0.15, 0.2) is 22.7 Å². The van der Waals surface area contributed by atoms with Gasteiger partial charge in [-0.05, 0) is 73.9 Å². The minimum Gasteiger partial charge on any atom is -0.399 e. The van der Waals surface area contributed by atoms with Crippen molar-refractivity contribution < 1.29 is 9.31 Å². The van der Waals surface area contributed by atoms with Crippen molar-refractivity contribution in [1.82, 2.24) is 0 Å². The number of hydrogen-bond donors (Lipinski definition) is 0. The molecule has 0 saturated carbocycles. The quantitative estimate of drug-likeness (QED) is 0.524. The Labute approximate surface area is 125 Å². The van der Waals surface area contributed by atoms with Crippen molar-refractivity contribution in [2.24, 2.45) is 0 Å². The van der Waals surface area contributed by atoms with Gasteiger partial charge in [-0.15, -0.1) is 0 Å². The third-order valence-corrected chi connectivity index (χ3v) is 4.49. The van der Waals surface area contributed by atoms with Gasteiger partial charge in [0.15, 0.2) is 0 Å². The maximum absolute atomic E-state index is 6.01. The van der Waals surface area contributed by atoms with E-state index in [1.807, 2.05) is 6.07 Å². The molecule has 0 bridgehead atoms. The summed E-state index contributed by atoms with van der Waals surface area (Å²) in [4.78, 5) is 0. The van der Waals surface area contributed by atoms with Gasteiger partial charge in [0.05, 0.1) is 11.2 Å². The molecule has 2 nitrogen and oxygen atoms in total. The highest BCUT2D eigenvalue weighted by Gasteiger charge is 2.51. The molecule has 1 aliphatic heterocycles. The molecular weight excluding hydrogens is 394 g/mol. The molecule has 1 aromatic carbocycles. The van der Waals surface area contributed by atoms with Gasteiger partial charge in [0.25, 0.3) is 0 Å². The third kappa shape index (κ3) is 2.72. The molecule has 17 heavy (non-hydrogen) atoms. The van der Waals surface area contributed by atoms with Crippen LogP contribution in [0.2, 0.25) is 0 Å². The first-order valence-corrected chi connectivity index (χ1v) is 7.40. The van der Waals surface area contributed by atoms with Gasteiger partial charge in [0, 0.05) is 8.04 Å². The maximum atomic E-state index is 6.01. The van der Waals surface area contributed by atoms with E-state index in [1.165, 1.54) is 3.57 Å². The highest BCUT2D eigenvalue weighted by Crippen LogP contribution is 2.36. The first-order valence-electron chi connectivity index (χ1n) is 5.53. The van der Waals surface area contributed by atoms with Crippen LogP contribution in [0.3, 0.4) is 0 Å².